The highest BCUT2D eigenvalue weighted by molar-refractivity contribution is 5.94. The first kappa shape index (κ1) is 14.8. The van der Waals surface area contributed by atoms with Crippen molar-refractivity contribution in [1.29, 1.82) is 0 Å². The number of benzene rings is 1. The molecule has 1 saturated heterocycles. The zero-order valence-corrected chi connectivity index (χ0v) is 13.3. The highest BCUT2D eigenvalue weighted by Gasteiger charge is 2.18. The number of hydrogen-bond acceptors (Lipinski definition) is 4. The molecule has 0 aliphatic carbocycles. The van der Waals surface area contributed by atoms with Gasteiger partial charge in [-0.25, -0.2) is 4.98 Å². The fraction of sp³-hybridized carbons (Fsp3) is 0.278. The molecule has 3 heterocycles. The minimum atomic E-state index is 0.0714. The zero-order valence-electron chi connectivity index (χ0n) is 13.3. The van der Waals surface area contributed by atoms with Gasteiger partial charge in [0.15, 0.2) is 0 Å². The Labute approximate surface area is 139 Å². The normalized spacial score (nSPS) is 14.9. The van der Waals surface area contributed by atoms with Gasteiger partial charge in [0, 0.05) is 31.4 Å². The van der Waals surface area contributed by atoms with Gasteiger partial charge in [-0.3, -0.25) is 9.78 Å². The number of rotatable bonds is 3. The van der Waals surface area contributed by atoms with Crippen LogP contribution in [0.1, 0.15) is 15.9 Å². The van der Waals surface area contributed by atoms with E-state index < -0.39 is 0 Å². The quantitative estimate of drug-likeness (QED) is 0.739. The van der Waals surface area contributed by atoms with Gasteiger partial charge in [0.05, 0.1) is 36.8 Å². The molecule has 3 aromatic rings. The SMILES string of the molecule is O=C(c1ccc(Cn2cnc3ccncc32)cc1)N1CCOCC1. The summed E-state index contributed by atoms with van der Waals surface area (Å²) in [4.78, 5) is 22.8. The molecule has 2 aromatic heterocycles. The summed E-state index contributed by atoms with van der Waals surface area (Å²) in [6.45, 7) is 3.26. The average Bonchev–Trinajstić information content (AvgIpc) is 3.06. The van der Waals surface area contributed by atoms with Gasteiger partial charge in [-0.05, 0) is 23.8 Å². The number of fused-ring (bicyclic) bond motifs is 1. The van der Waals surface area contributed by atoms with Crippen LogP contribution in [0.4, 0.5) is 0 Å². The number of hydrogen-bond donors (Lipinski definition) is 0. The standard InChI is InChI=1S/C18H18N4O2/c23-18(21-7-9-24-10-8-21)15-3-1-14(2-4-15)12-22-13-20-16-5-6-19-11-17(16)22/h1-6,11,13H,7-10,12H2. The molecule has 0 bridgehead atoms. The highest BCUT2D eigenvalue weighted by atomic mass is 16.5. The number of ether oxygens (including phenoxy) is 1. The van der Waals surface area contributed by atoms with E-state index in [2.05, 4.69) is 14.5 Å². The fourth-order valence-corrected chi connectivity index (χ4v) is 2.93. The first-order chi connectivity index (χ1) is 11.8. The summed E-state index contributed by atoms with van der Waals surface area (Å²) in [6, 6.07) is 9.68. The third-order valence-electron chi connectivity index (χ3n) is 4.28. The Hall–Kier alpha value is -2.73. The molecular formula is C18H18N4O2. The van der Waals surface area contributed by atoms with Crippen molar-refractivity contribution in [3.05, 3.63) is 60.2 Å². The number of carbonyl (C=O) groups is 1. The van der Waals surface area contributed by atoms with Crippen LogP contribution in [0.3, 0.4) is 0 Å². The first-order valence-electron chi connectivity index (χ1n) is 8.02. The second-order valence-electron chi connectivity index (χ2n) is 5.84. The Morgan fingerprint density at radius 2 is 1.92 bits per heavy atom. The molecule has 1 aliphatic rings. The van der Waals surface area contributed by atoms with Gasteiger partial charge in [-0.15, -0.1) is 0 Å². The number of imidazole rings is 1. The number of morpholine rings is 1. The van der Waals surface area contributed by atoms with E-state index in [9.17, 15) is 4.79 Å². The van der Waals surface area contributed by atoms with Gasteiger partial charge in [-0.1, -0.05) is 12.1 Å². The predicted octanol–water partition coefficient (Wildman–Crippen LogP) is 1.95. The smallest absolute Gasteiger partial charge is 0.254 e. The summed E-state index contributed by atoms with van der Waals surface area (Å²) in [6.07, 6.45) is 5.38. The molecule has 0 spiro atoms. The van der Waals surface area contributed by atoms with Crippen LogP contribution in [0.15, 0.2) is 49.1 Å². The summed E-state index contributed by atoms with van der Waals surface area (Å²) in [5.74, 6) is 0.0714. The Morgan fingerprint density at radius 3 is 2.71 bits per heavy atom. The monoisotopic (exact) mass is 322 g/mol. The molecular weight excluding hydrogens is 304 g/mol. The van der Waals surface area contributed by atoms with Crippen LogP contribution in [0.25, 0.3) is 11.0 Å². The molecule has 1 aromatic carbocycles. The fourth-order valence-electron chi connectivity index (χ4n) is 2.93. The minimum Gasteiger partial charge on any atom is -0.378 e. The topological polar surface area (TPSA) is 60.2 Å². The van der Waals surface area contributed by atoms with Crippen LogP contribution in [-0.4, -0.2) is 51.6 Å². The van der Waals surface area contributed by atoms with Crippen LogP contribution < -0.4 is 0 Å². The van der Waals surface area contributed by atoms with E-state index in [1.165, 1.54) is 0 Å². The van der Waals surface area contributed by atoms with Crippen LogP contribution in [0, 0.1) is 0 Å². The Balaban J connectivity index is 1.50. The molecule has 24 heavy (non-hydrogen) atoms. The molecule has 1 fully saturated rings. The van der Waals surface area contributed by atoms with E-state index in [0.717, 1.165) is 22.2 Å². The van der Waals surface area contributed by atoms with Gasteiger partial charge in [0.1, 0.15) is 0 Å². The summed E-state index contributed by atoms with van der Waals surface area (Å²) >= 11 is 0. The van der Waals surface area contributed by atoms with Gasteiger partial charge < -0.3 is 14.2 Å². The minimum absolute atomic E-state index is 0.0714. The lowest BCUT2D eigenvalue weighted by molar-refractivity contribution is 0.0303. The van der Waals surface area contributed by atoms with E-state index >= 15 is 0 Å². The largest absolute Gasteiger partial charge is 0.378 e. The van der Waals surface area contributed by atoms with Crippen LogP contribution in [0.5, 0.6) is 0 Å². The summed E-state index contributed by atoms with van der Waals surface area (Å²) in [7, 11) is 0. The first-order valence-corrected chi connectivity index (χ1v) is 8.02. The van der Waals surface area contributed by atoms with Crippen molar-refractivity contribution in [1.82, 2.24) is 19.4 Å². The number of amides is 1. The summed E-state index contributed by atoms with van der Waals surface area (Å²) < 4.78 is 7.35. The number of aromatic nitrogens is 3. The van der Waals surface area contributed by atoms with Crippen molar-refractivity contribution < 1.29 is 9.53 Å². The average molecular weight is 322 g/mol. The van der Waals surface area contributed by atoms with Crippen molar-refractivity contribution in [2.24, 2.45) is 0 Å². The van der Waals surface area contributed by atoms with Gasteiger partial charge in [0.25, 0.3) is 5.91 Å². The molecule has 0 saturated carbocycles. The third-order valence-corrected chi connectivity index (χ3v) is 4.28. The van der Waals surface area contributed by atoms with Gasteiger partial charge in [-0.2, -0.15) is 0 Å². The molecule has 4 rings (SSSR count). The molecule has 0 unspecified atom stereocenters. The third kappa shape index (κ3) is 2.88. The van der Waals surface area contributed by atoms with E-state index in [1.54, 1.807) is 6.20 Å². The summed E-state index contributed by atoms with van der Waals surface area (Å²) in [5.41, 5.74) is 3.78. The molecule has 0 atom stereocenters. The molecule has 0 radical (unpaired) electrons. The molecule has 1 aliphatic heterocycles. The van der Waals surface area contributed by atoms with Crippen LogP contribution in [-0.2, 0) is 11.3 Å². The molecule has 0 N–H and O–H groups in total. The van der Waals surface area contributed by atoms with E-state index in [4.69, 9.17) is 4.74 Å². The maximum atomic E-state index is 12.4. The van der Waals surface area contributed by atoms with Gasteiger partial charge >= 0.3 is 0 Å². The Morgan fingerprint density at radius 1 is 1.12 bits per heavy atom. The van der Waals surface area contributed by atoms with Gasteiger partial charge in [0.2, 0.25) is 0 Å². The van der Waals surface area contributed by atoms with Crippen molar-refractivity contribution >= 4 is 16.9 Å². The van der Waals surface area contributed by atoms with E-state index in [-0.39, 0.29) is 5.91 Å². The van der Waals surface area contributed by atoms with Crippen LogP contribution >= 0.6 is 0 Å². The predicted molar refractivity (Wildman–Crippen MR) is 89.8 cm³/mol. The Kier molecular flexibility index (Phi) is 3.96. The van der Waals surface area contributed by atoms with Crippen LogP contribution in [0.2, 0.25) is 0 Å². The number of carbonyl (C=O) groups excluding carboxylic acids is 1. The maximum absolute atomic E-state index is 12.4. The molecule has 6 heteroatoms. The van der Waals surface area contributed by atoms with E-state index in [1.807, 2.05) is 47.8 Å². The second kappa shape index (κ2) is 6.41. The Bertz CT molecular complexity index is 851. The van der Waals surface area contributed by atoms with Crippen molar-refractivity contribution in [3.8, 4) is 0 Å². The number of nitrogens with zero attached hydrogens (tertiary/aromatic N) is 4. The lowest BCUT2D eigenvalue weighted by Gasteiger charge is -2.26. The number of pyridine rings is 1. The van der Waals surface area contributed by atoms with Crippen molar-refractivity contribution in [2.45, 2.75) is 6.54 Å². The highest BCUT2D eigenvalue weighted by Crippen LogP contribution is 2.14. The molecule has 6 nitrogen and oxygen atoms in total. The molecule has 122 valence electrons. The second-order valence-corrected chi connectivity index (χ2v) is 5.84. The van der Waals surface area contributed by atoms with Crippen molar-refractivity contribution in [2.75, 3.05) is 26.3 Å². The lowest BCUT2D eigenvalue weighted by Crippen LogP contribution is -2.40. The van der Waals surface area contributed by atoms with E-state index in [0.29, 0.717) is 32.8 Å². The lowest BCUT2D eigenvalue weighted by atomic mass is 10.1. The van der Waals surface area contributed by atoms with Crippen molar-refractivity contribution in [3.63, 3.8) is 0 Å². The zero-order chi connectivity index (χ0) is 16.4. The maximum Gasteiger partial charge on any atom is 0.254 e. The molecule has 1 amide bonds. The summed E-state index contributed by atoms with van der Waals surface area (Å²) in [5, 5.41) is 0.